The summed E-state index contributed by atoms with van der Waals surface area (Å²) in [5.41, 5.74) is 7.77. The van der Waals surface area contributed by atoms with Crippen LogP contribution >= 0.6 is 22.9 Å². The molecule has 0 radical (unpaired) electrons. The van der Waals surface area contributed by atoms with Gasteiger partial charge in [-0.3, -0.25) is 0 Å². The highest BCUT2D eigenvalue weighted by molar-refractivity contribution is 7.09. The van der Waals surface area contributed by atoms with Crippen molar-refractivity contribution in [1.29, 1.82) is 0 Å². The van der Waals surface area contributed by atoms with Crippen LogP contribution in [-0.4, -0.2) is 11.5 Å². The average molecular weight is 286 g/mol. The minimum absolute atomic E-state index is 0.0353. The van der Waals surface area contributed by atoms with Crippen molar-refractivity contribution in [3.63, 3.8) is 0 Å². The van der Waals surface area contributed by atoms with E-state index in [0.29, 0.717) is 17.9 Å². The molecule has 6 heteroatoms. The van der Waals surface area contributed by atoms with Gasteiger partial charge in [-0.2, -0.15) is 0 Å². The van der Waals surface area contributed by atoms with Crippen LogP contribution in [-0.2, 0) is 6.42 Å². The predicted octanol–water partition coefficient (Wildman–Crippen LogP) is 3.48. The molecule has 0 fully saturated rings. The summed E-state index contributed by atoms with van der Waals surface area (Å²) in [7, 11) is 0. The smallest absolute Gasteiger partial charge is 0.143 e. The van der Waals surface area contributed by atoms with Crippen molar-refractivity contribution in [2.24, 2.45) is 0 Å². The van der Waals surface area contributed by atoms with Crippen molar-refractivity contribution < 1.29 is 4.39 Å². The number of benzene rings is 1. The summed E-state index contributed by atoms with van der Waals surface area (Å²) in [6.45, 7) is 2.61. The molecule has 1 heterocycles. The van der Waals surface area contributed by atoms with Crippen molar-refractivity contribution in [2.75, 3.05) is 17.6 Å². The van der Waals surface area contributed by atoms with Gasteiger partial charge in [0, 0.05) is 24.4 Å². The molecular formula is C12H13ClFN3S. The normalized spacial score (nSPS) is 10.6. The van der Waals surface area contributed by atoms with Crippen LogP contribution in [0.5, 0.6) is 0 Å². The molecule has 3 N–H and O–H groups in total. The summed E-state index contributed by atoms with van der Waals surface area (Å²) in [6.07, 6.45) is 0.772. The molecule has 3 nitrogen and oxygen atoms in total. The van der Waals surface area contributed by atoms with E-state index in [1.165, 1.54) is 12.1 Å². The fourth-order valence-corrected chi connectivity index (χ4v) is 2.38. The van der Waals surface area contributed by atoms with Gasteiger partial charge >= 0.3 is 0 Å². The van der Waals surface area contributed by atoms with Crippen molar-refractivity contribution in [1.82, 2.24) is 4.98 Å². The molecule has 96 valence electrons. The molecule has 0 aliphatic heterocycles. The van der Waals surface area contributed by atoms with Crippen LogP contribution < -0.4 is 11.1 Å². The van der Waals surface area contributed by atoms with E-state index < -0.39 is 5.82 Å². The van der Waals surface area contributed by atoms with Crippen LogP contribution in [0.25, 0.3) is 0 Å². The number of nitrogens with zero attached hydrogens (tertiary/aromatic N) is 1. The average Bonchev–Trinajstić information content (AvgIpc) is 2.71. The van der Waals surface area contributed by atoms with Gasteiger partial charge in [-0.25, -0.2) is 9.37 Å². The summed E-state index contributed by atoms with van der Waals surface area (Å²) in [5, 5.41) is 6.18. The number of hydrogen-bond acceptors (Lipinski definition) is 4. The van der Waals surface area contributed by atoms with Gasteiger partial charge in [0.25, 0.3) is 0 Å². The standard InChI is InChI=1S/C12H13ClFN3S/c1-7-17-8(6-18-7)2-3-16-12-5-10(14)9(13)4-11(12)15/h4-6,16H,2-3,15H2,1H3. The molecule has 18 heavy (non-hydrogen) atoms. The van der Waals surface area contributed by atoms with Gasteiger partial charge in [0.05, 0.1) is 27.1 Å². The van der Waals surface area contributed by atoms with Crippen LogP contribution in [0.15, 0.2) is 17.5 Å². The van der Waals surface area contributed by atoms with Gasteiger partial charge < -0.3 is 11.1 Å². The number of aryl methyl sites for hydroxylation is 1. The highest BCUT2D eigenvalue weighted by Crippen LogP contribution is 2.26. The van der Waals surface area contributed by atoms with Gasteiger partial charge in [0.2, 0.25) is 0 Å². The largest absolute Gasteiger partial charge is 0.397 e. The summed E-state index contributed by atoms with van der Waals surface area (Å²) in [4.78, 5) is 4.35. The summed E-state index contributed by atoms with van der Waals surface area (Å²) in [5.74, 6) is -0.474. The molecule has 0 aliphatic rings. The van der Waals surface area contributed by atoms with E-state index in [-0.39, 0.29) is 5.02 Å². The van der Waals surface area contributed by atoms with E-state index in [1.54, 1.807) is 11.3 Å². The second kappa shape index (κ2) is 5.54. The third-order valence-corrected chi connectivity index (χ3v) is 3.57. The first kappa shape index (κ1) is 13.1. The molecule has 0 aliphatic carbocycles. The Morgan fingerprint density at radius 1 is 1.50 bits per heavy atom. The Balaban J connectivity index is 1.96. The zero-order valence-electron chi connectivity index (χ0n) is 9.84. The lowest BCUT2D eigenvalue weighted by Crippen LogP contribution is -2.07. The SMILES string of the molecule is Cc1nc(CCNc2cc(F)c(Cl)cc2N)cs1. The minimum Gasteiger partial charge on any atom is -0.397 e. The Morgan fingerprint density at radius 3 is 2.94 bits per heavy atom. The predicted molar refractivity (Wildman–Crippen MR) is 74.9 cm³/mol. The lowest BCUT2D eigenvalue weighted by Gasteiger charge is -2.09. The molecule has 0 unspecified atom stereocenters. The molecule has 0 saturated carbocycles. The van der Waals surface area contributed by atoms with E-state index in [0.717, 1.165) is 17.1 Å². The first-order valence-corrected chi connectivity index (χ1v) is 6.71. The van der Waals surface area contributed by atoms with E-state index in [4.69, 9.17) is 17.3 Å². The van der Waals surface area contributed by atoms with E-state index in [9.17, 15) is 4.39 Å². The van der Waals surface area contributed by atoms with Crippen LogP contribution in [0.2, 0.25) is 5.02 Å². The van der Waals surface area contributed by atoms with E-state index >= 15 is 0 Å². The fraction of sp³-hybridized carbons (Fsp3) is 0.250. The monoisotopic (exact) mass is 285 g/mol. The van der Waals surface area contributed by atoms with Gasteiger partial charge in [0.1, 0.15) is 5.82 Å². The van der Waals surface area contributed by atoms with Gasteiger partial charge in [-0.15, -0.1) is 11.3 Å². The van der Waals surface area contributed by atoms with Crippen LogP contribution in [0.3, 0.4) is 0 Å². The van der Waals surface area contributed by atoms with Crippen molar-refractivity contribution in [3.05, 3.63) is 39.1 Å². The Labute approximate surface area is 114 Å². The Kier molecular flexibility index (Phi) is 4.04. The zero-order valence-corrected chi connectivity index (χ0v) is 11.4. The topological polar surface area (TPSA) is 50.9 Å². The van der Waals surface area contributed by atoms with Gasteiger partial charge in [-0.1, -0.05) is 11.6 Å². The van der Waals surface area contributed by atoms with Crippen LogP contribution in [0.4, 0.5) is 15.8 Å². The molecule has 0 atom stereocenters. The van der Waals surface area contributed by atoms with Crippen molar-refractivity contribution in [3.8, 4) is 0 Å². The maximum atomic E-state index is 13.3. The zero-order chi connectivity index (χ0) is 13.1. The van der Waals surface area contributed by atoms with Gasteiger partial charge in [0.15, 0.2) is 0 Å². The summed E-state index contributed by atoms with van der Waals surface area (Å²) < 4.78 is 13.3. The number of anilines is 2. The Hall–Kier alpha value is -1.33. The number of aromatic nitrogens is 1. The number of hydrogen-bond donors (Lipinski definition) is 2. The number of rotatable bonds is 4. The molecule has 1 aromatic carbocycles. The van der Waals surface area contributed by atoms with Crippen LogP contribution in [0.1, 0.15) is 10.7 Å². The second-order valence-electron chi connectivity index (χ2n) is 3.89. The third kappa shape index (κ3) is 3.11. The molecular weight excluding hydrogens is 273 g/mol. The number of nitrogen functional groups attached to an aromatic ring is 1. The summed E-state index contributed by atoms with van der Waals surface area (Å²) >= 11 is 7.24. The molecule has 1 aromatic heterocycles. The third-order valence-electron chi connectivity index (χ3n) is 2.46. The number of nitrogens with two attached hydrogens (primary N) is 1. The first-order chi connectivity index (χ1) is 8.56. The number of nitrogens with one attached hydrogen (secondary N) is 1. The number of halogens is 2. The number of thiazole rings is 1. The molecule has 0 spiro atoms. The molecule has 2 rings (SSSR count). The highest BCUT2D eigenvalue weighted by atomic mass is 35.5. The maximum Gasteiger partial charge on any atom is 0.143 e. The second-order valence-corrected chi connectivity index (χ2v) is 5.36. The molecule has 0 amide bonds. The van der Waals surface area contributed by atoms with Gasteiger partial charge in [-0.05, 0) is 13.0 Å². The van der Waals surface area contributed by atoms with Crippen molar-refractivity contribution in [2.45, 2.75) is 13.3 Å². The molecule has 2 aromatic rings. The van der Waals surface area contributed by atoms with E-state index in [2.05, 4.69) is 10.3 Å². The fourth-order valence-electron chi connectivity index (χ4n) is 1.56. The lowest BCUT2D eigenvalue weighted by atomic mass is 10.2. The lowest BCUT2D eigenvalue weighted by molar-refractivity contribution is 0.629. The summed E-state index contributed by atoms with van der Waals surface area (Å²) in [6, 6.07) is 2.72. The molecule has 0 bridgehead atoms. The van der Waals surface area contributed by atoms with Crippen LogP contribution in [0, 0.1) is 12.7 Å². The quantitative estimate of drug-likeness (QED) is 0.846. The maximum absolute atomic E-state index is 13.3. The Morgan fingerprint density at radius 2 is 2.28 bits per heavy atom. The minimum atomic E-state index is -0.474. The Bertz CT molecular complexity index is 556. The highest BCUT2D eigenvalue weighted by Gasteiger charge is 2.06. The first-order valence-electron chi connectivity index (χ1n) is 5.45. The van der Waals surface area contributed by atoms with E-state index in [1.807, 2.05) is 12.3 Å². The molecule has 0 saturated heterocycles. The van der Waals surface area contributed by atoms with Crippen molar-refractivity contribution >= 4 is 34.3 Å².